The molecule has 0 amide bonds. The summed E-state index contributed by atoms with van der Waals surface area (Å²) >= 11 is 0. The summed E-state index contributed by atoms with van der Waals surface area (Å²) in [6.45, 7) is 0.625. The van der Waals surface area contributed by atoms with E-state index in [1.54, 1.807) is 16.7 Å². The van der Waals surface area contributed by atoms with E-state index in [0.717, 1.165) is 12.8 Å². The zero-order valence-electron chi connectivity index (χ0n) is 11.4. The molecule has 2 aromatic rings. The molecule has 0 spiro atoms. The minimum atomic E-state index is -0.0854. The van der Waals surface area contributed by atoms with Gasteiger partial charge in [0, 0.05) is 6.54 Å². The van der Waals surface area contributed by atoms with E-state index in [0.29, 0.717) is 23.4 Å². The van der Waals surface area contributed by atoms with Crippen LogP contribution in [0, 0.1) is 17.2 Å². The van der Waals surface area contributed by atoms with Gasteiger partial charge in [-0.3, -0.25) is 9.36 Å². The summed E-state index contributed by atoms with van der Waals surface area (Å²) in [7, 11) is 0. The van der Waals surface area contributed by atoms with E-state index < -0.39 is 0 Å². The third-order valence-electron chi connectivity index (χ3n) is 4.13. The highest BCUT2D eigenvalue weighted by atomic mass is 16.1. The SMILES string of the molecule is N#Cc1nc2ccccc2c(=O)n1CC1CCCCC1. The second-order valence-corrected chi connectivity index (χ2v) is 5.48. The standard InChI is InChI=1S/C16H17N3O/c17-10-15-18-14-9-5-4-8-13(14)16(20)19(15)11-12-6-2-1-3-7-12/h4-5,8-9,12H,1-3,6-7,11H2. The Balaban J connectivity index is 2.06. The molecule has 4 nitrogen and oxygen atoms in total. The second kappa shape index (κ2) is 5.46. The summed E-state index contributed by atoms with van der Waals surface area (Å²) in [4.78, 5) is 16.9. The van der Waals surface area contributed by atoms with Crippen molar-refractivity contribution < 1.29 is 0 Å². The minimum absolute atomic E-state index is 0.0854. The van der Waals surface area contributed by atoms with Crippen molar-refractivity contribution in [2.24, 2.45) is 5.92 Å². The molecule has 1 heterocycles. The van der Waals surface area contributed by atoms with Gasteiger partial charge in [-0.25, -0.2) is 4.98 Å². The van der Waals surface area contributed by atoms with Crippen molar-refractivity contribution in [3.8, 4) is 6.07 Å². The lowest BCUT2D eigenvalue weighted by atomic mass is 9.89. The molecule has 0 atom stereocenters. The van der Waals surface area contributed by atoms with Crippen molar-refractivity contribution in [1.82, 2.24) is 9.55 Å². The van der Waals surface area contributed by atoms with Crippen molar-refractivity contribution in [2.45, 2.75) is 38.6 Å². The fourth-order valence-electron chi connectivity index (χ4n) is 3.05. The molecular formula is C16H17N3O. The first-order valence-electron chi connectivity index (χ1n) is 7.19. The van der Waals surface area contributed by atoms with Crippen molar-refractivity contribution in [2.75, 3.05) is 0 Å². The van der Waals surface area contributed by atoms with Gasteiger partial charge in [-0.2, -0.15) is 5.26 Å². The first kappa shape index (κ1) is 12.9. The van der Waals surface area contributed by atoms with Gasteiger partial charge < -0.3 is 0 Å². The number of nitrogens with zero attached hydrogens (tertiary/aromatic N) is 3. The van der Waals surface area contributed by atoms with Crippen LogP contribution in [-0.2, 0) is 6.54 Å². The summed E-state index contributed by atoms with van der Waals surface area (Å²) in [6.07, 6.45) is 6.02. The number of para-hydroxylation sites is 1. The number of rotatable bonds is 2. The fourth-order valence-corrected chi connectivity index (χ4v) is 3.05. The number of hydrogen-bond donors (Lipinski definition) is 0. The number of nitriles is 1. The van der Waals surface area contributed by atoms with E-state index in [-0.39, 0.29) is 11.4 Å². The van der Waals surface area contributed by atoms with E-state index in [4.69, 9.17) is 0 Å². The Bertz CT molecular complexity index is 721. The fraction of sp³-hybridized carbons (Fsp3) is 0.438. The van der Waals surface area contributed by atoms with Gasteiger partial charge >= 0.3 is 0 Å². The smallest absolute Gasteiger partial charge is 0.262 e. The maximum atomic E-state index is 12.6. The van der Waals surface area contributed by atoms with Crippen molar-refractivity contribution in [1.29, 1.82) is 5.26 Å². The molecule has 1 aliphatic rings. The summed E-state index contributed by atoms with van der Waals surface area (Å²) in [5.74, 6) is 0.732. The van der Waals surface area contributed by atoms with Gasteiger partial charge in [0.25, 0.3) is 5.56 Å². The van der Waals surface area contributed by atoms with E-state index in [1.165, 1.54) is 19.3 Å². The maximum Gasteiger partial charge on any atom is 0.262 e. The molecule has 0 N–H and O–H groups in total. The van der Waals surface area contributed by atoms with Crippen molar-refractivity contribution >= 4 is 10.9 Å². The van der Waals surface area contributed by atoms with Gasteiger partial charge in [0.2, 0.25) is 5.82 Å². The normalized spacial score (nSPS) is 16.1. The molecule has 102 valence electrons. The molecule has 0 radical (unpaired) electrons. The zero-order chi connectivity index (χ0) is 13.9. The quantitative estimate of drug-likeness (QED) is 0.840. The predicted octanol–water partition coefficient (Wildman–Crippen LogP) is 2.85. The van der Waals surface area contributed by atoms with Crippen LogP contribution in [0.4, 0.5) is 0 Å². The average Bonchev–Trinajstić information content (AvgIpc) is 2.51. The molecular weight excluding hydrogens is 250 g/mol. The Morgan fingerprint density at radius 1 is 1.25 bits per heavy atom. The summed E-state index contributed by atoms with van der Waals surface area (Å²) < 4.78 is 1.57. The Morgan fingerprint density at radius 3 is 2.75 bits per heavy atom. The molecule has 4 heteroatoms. The van der Waals surface area contributed by atoms with Crippen LogP contribution in [0.25, 0.3) is 10.9 Å². The Kier molecular flexibility index (Phi) is 3.51. The summed E-state index contributed by atoms with van der Waals surface area (Å²) in [5.41, 5.74) is 0.520. The second-order valence-electron chi connectivity index (χ2n) is 5.48. The Morgan fingerprint density at radius 2 is 2.00 bits per heavy atom. The lowest BCUT2D eigenvalue weighted by molar-refractivity contribution is 0.314. The Hall–Kier alpha value is -2.15. The molecule has 1 saturated carbocycles. The van der Waals surface area contributed by atoms with Crippen LogP contribution >= 0.6 is 0 Å². The van der Waals surface area contributed by atoms with Crippen molar-refractivity contribution in [3.63, 3.8) is 0 Å². The third kappa shape index (κ3) is 2.32. The molecule has 0 bridgehead atoms. The van der Waals surface area contributed by atoms with Gasteiger partial charge in [0.05, 0.1) is 10.9 Å². The van der Waals surface area contributed by atoms with Gasteiger partial charge in [-0.1, -0.05) is 31.4 Å². The van der Waals surface area contributed by atoms with Gasteiger partial charge in [-0.05, 0) is 30.9 Å². The third-order valence-corrected chi connectivity index (χ3v) is 4.13. The largest absolute Gasteiger partial charge is 0.283 e. The molecule has 1 fully saturated rings. The zero-order valence-corrected chi connectivity index (χ0v) is 11.4. The average molecular weight is 267 g/mol. The van der Waals surface area contributed by atoms with E-state index in [9.17, 15) is 10.1 Å². The van der Waals surface area contributed by atoms with Crippen LogP contribution in [-0.4, -0.2) is 9.55 Å². The van der Waals surface area contributed by atoms with Gasteiger partial charge in [0.1, 0.15) is 6.07 Å². The molecule has 0 aliphatic heterocycles. The highest BCUT2D eigenvalue weighted by molar-refractivity contribution is 5.77. The van der Waals surface area contributed by atoms with Crippen LogP contribution in [0.15, 0.2) is 29.1 Å². The van der Waals surface area contributed by atoms with Crippen LogP contribution < -0.4 is 5.56 Å². The van der Waals surface area contributed by atoms with E-state index in [2.05, 4.69) is 11.1 Å². The maximum absolute atomic E-state index is 12.6. The predicted molar refractivity (Wildman–Crippen MR) is 77.3 cm³/mol. The highest BCUT2D eigenvalue weighted by Crippen LogP contribution is 2.25. The Labute approximate surface area is 117 Å². The number of hydrogen-bond acceptors (Lipinski definition) is 3. The molecule has 0 saturated heterocycles. The number of fused-ring (bicyclic) bond motifs is 1. The van der Waals surface area contributed by atoms with Crippen LogP contribution in [0.3, 0.4) is 0 Å². The molecule has 3 rings (SSSR count). The highest BCUT2D eigenvalue weighted by Gasteiger charge is 2.18. The topological polar surface area (TPSA) is 58.7 Å². The first-order chi connectivity index (χ1) is 9.79. The monoisotopic (exact) mass is 267 g/mol. The molecule has 1 aliphatic carbocycles. The lowest BCUT2D eigenvalue weighted by Gasteiger charge is -2.22. The molecule has 0 unspecified atom stereocenters. The molecule has 1 aromatic heterocycles. The summed E-state index contributed by atoms with van der Waals surface area (Å²) in [6, 6.07) is 9.30. The number of benzene rings is 1. The first-order valence-corrected chi connectivity index (χ1v) is 7.19. The van der Waals surface area contributed by atoms with Crippen LogP contribution in [0.5, 0.6) is 0 Å². The van der Waals surface area contributed by atoms with Crippen LogP contribution in [0.1, 0.15) is 37.9 Å². The van der Waals surface area contributed by atoms with Gasteiger partial charge in [0.15, 0.2) is 0 Å². The van der Waals surface area contributed by atoms with Crippen molar-refractivity contribution in [3.05, 3.63) is 40.4 Å². The van der Waals surface area contributed by atoms with E-state index in [1.807, 2.05) is 12.1 Å². The minimum Gasteiger partial charge on any atom is -0.283 e. The number of aromatic nitrogens is 2. The van der Waals surface area contributed by atoms with Gasteiger partial charge in [-0.15, -0.1) is 0 Å². The summed E-state index contributed by atoms with van der Waals surface area (Å²) in [5, 5.41) is 9.86. The lowest BCUT2D eigenvalue weighted by Crippen LogP contribution is -2.28. The molecule has 20 heavy (non-hydrogen) atoms. The van der Waals surface area contributed by atoms with Crippen LogP contribution in [0.2, 0.25) is 0 Å². The van der Waals surface area contributed by atoms with E-state index >= 15 is 0 Å². The molecule has 1 aromatic carbocycles.